The molecule has 1 fully saturated rings. The Hall–Kier alpha value is -1.59. The normalized spacial score (nSPS) is 24.0. The van der Waals surface area contributed by atoms with Crippen LogP contribution in [0.25, 0.3) is 0 Å². The van der Waals surface area contributed by atoms with Gasteiger partial charge in [0.15, 0.2) is 0 Å². The Morgan fingerprint density at radius 1 is 1.35 bits per heavy atom. The first kappa shape index (κ1) is 16.3. The predicted molar refractivity (Wildman–Crippen MR) is 91.7 cm³/mol. The number of fused-ring (bicyclic) bond motifs is 1. The lowest BCUT2D eigenvalue weighted by atomic mass is 10.0. The van der Waals surface area contributed by atoms with Gasteiger partial charge in [0, 0.05) is 25.8 Å². The molecule has 1 saturated heterocycles. The van der Waals surface area contributed by atoms with Crippen LogP contribution in [0.5, 0.6) is 0 Å². The van der Waals surface area contributed by atoms with Crippen molar-refractivity contribution in [1.82, 2.24) is 9.80 Å². The fraction of sp³-hybridized carbons (Fsp3) is 0.611. The Balaban J connectivity index is 1.59. The van der Waals surface area contributed by atoms with Crippen molar-refractivity contribution < 1.29 is 9.53 Å². The molecule has 2 aliphatic heterocycles. The third kappa shape index (κ3) is 3.85. The lowest BCUT2D eigenvalue weighted by Gasteiger charge is -2.26. The van der Waals surface area contributed by atoms with Gasteiger partial charge in [-0.25, -0.2) is 4.79 Å². The van der Waals surface area contributed by atoms with Crippen LogP contribution in [0.2, 0.25) is 0 Å². The van der Waals surface area contributed by atoms with Crippen LogP contribution in [0, 0.1) is 0 Å². The molecular weight excluding hydrogens is 290 g/mol. The average molecular weight is 317 g/mol. The first-order chi connectivity index (χ1) is 11.0. The number of carbonyl (C=O) groups is 1. The molecule has 2 aliphatic rings. The van der Waals surface area contributed by atoms with Gasteiger partial charge in [-0.05, 0) is 50.0 Å². The molecule has 2 atom stereocenters. The number of nitrogens with one attached hydrogen (secondary N) is 1. The predicted octanol–water partition coefficient (Wildman–Crippen LogP) is 2.71. The third-order valence-corrected chi connectivity index (χ3v) is 4.88. The second-order valence-corrected chi connectivity index (χ2v) is 6.79. The van der Waals surface area contributed by atoms with Crippen molar-refractivity contribution in [2.75, 3.05) is 32.5 Å². The van der Waals surface area contributed by atoms with E-state index in [4.69, 9.17) is 4.74 Å². The lowest BCUT2D eigenvalue weighted by molar-refractivity contribution is 0.0287. The Morgan fingerprint density at radius 2 is 2.13 bits per heavy atom. The van der Waals surface area contributed by atoms with Gasteiger partial charge < -0.3 is 19.9 Å². The minimum atomic E-state index is -0.0349. The number of carbonyl (C=O) groups excluding carboxylic acids is 1. The standard InChI is InChI=1S/C18H27N3O2/c1-4-20(2)12-16-7-6-15(23-16)10-13-5-8-17-14(9-13)11-21(3)18(22)19-17/h5,8-9,15-16H,4,6-7,10-12H2,1-3H3,(H,19,22)/t15-,16+/m0/s1. The highest BCUT2D eigenvalue weighted by Gasteiger charge is 2.26. The topological polar surface area (TPSA) is 44.8 Å². The van der Waals surface area contributed by atoms with E-state index >= 15 is 0 Å². The number of rotatable bonds is 5. The van der Waals surface area contributed by atoms with Crippen molar-refractivity contribution in [2.45, 2.75) is 44.9 Å². The Labute approximate surface area is 138 Å². The Kier molecular flexibility index (Phi) is 4.87. The zero-order valence-electron chi connectivity index (χ0n) is 14.3. The summed E-state index contributed by atoms with van der Waals surface area (Å²) in [6.45, 7) is 4.93. The smallest absolute Gasteiger partial charge is 0.321 e. The first-order valence-electron chi connectivity index (χ1n) is 8.53. The first-order valence-corrected chi connectivity index (χ1v) is 8.53. The molecule has 2 amide bonds. The molecule has 126 valence electrons. The number of ether oxygens (including phenoxy) is 1. The molecule has 0 bridgehead atoms. The van der Waals surface area contributed by atoms with Crippen LogP contribution in [0.1, 0.15) is 30.9 Å². The highest BCUT2D eigenvalue weighted by atomic mass is 16.5. The fourth-order valence-corrected chi connectivity index (χ4v) is 3.37. The highest BCUT2D eigenvalue weighted by Crippen LogP contribution is 2.27. The van der Waals surface area contributed by atoms with Crippen LogP contribution in [0.4, 0.5) is 10.5 Å². The van der Waals surface area contributed by atoms with Crippen molar-refractivity contribution in [3.63, 3.8) is 0 Å². The van der Waals surface area contributed by atoms with E-state index < -0.39 is 0 Å². The summed E-state index contributed by atoms with van der Waals surface area (Å²) in [6.07, 6.45) is 3.93. The number of likely N-dealkylation sites (N-methyl/N-ethyl adjacent to an activating group) is 1. The molecule has 0 aliphatic carbocycles. The molecular formula is C18H27N3O2. The van der Waals surface area contributed by atoms with Gasteiger partial charge in [0.05, 0.1) is 12.2 Å². The average Bonchev–Trinajstić information content (AvgIpc) is 2.95. The molecule has 0 spiro atoms. The molecule has 0 saturated carbocycles. The number of nitrogens with zero attached hydrogens (tertiary/aromatic N) is 2. The van der Waals surface area contributed by atoms with E-state index in [-0.39, 0.29) is 6.03 Å². The van der Waals surface area contributed by atoms with Crippen LogP contribution >= 0.6 is 0 Å². The monoisotopic (exact) mass is 317 g/mol. The summed E-state index contributed by atoms with van der Waals surface area (Å²) in [4.78, 5) is 15.7. The summed E-state index contributed by atoms with van der Waals surface area (Å²) in [5, 5.41) is 2.92. The summed E-state index contributed by atoms with van der Waals surface area (Å²) in [5.74, 6) is 0. The lowest BCUT2D eigenvalue weighted by Crippen LogP contribution is -2.35. The van der Waals surface area contributed by atoms with Gasteiger partial charge in [-0.1, -0.05) is 19.1 Å². The third-order valence-electron chi connectivity index (χ3n) is 4.88. The zero-order valence-corrected chi connectivity index (χ0v) is 14.3. The number of urea groups is 1. The minimum absolute atomic E-state index is 0.0349. The van der Waals surface area contributed by atoms with E-state index in [1.807, 2.05) is 13.1 Å². The molecule has 1 N–H and O–H groups in total. The van der Waals surface area contributed by atoms with Gasteiger partial charge in [-0.15, -0.1) is 0 Å². The van der Waals surface area contributed by atoms with Crippen LogP contribution < -0.4 is 5.32 Å². The van der Waals surface area contributed by atoms with Crippen molar-refractivity contribution >= 4 is 11.7 Å². The van der Waals surface area contributed by atoms with E-state index in [1.54, 1.807) is 4.90 Å². The fourth-order valence-electron chi connectivity index (χ4n) is 3.37. The maximum atomic E-state index is 11.7. The van der Waals surface area contributed by atoms with Gasteiger partial charge in [0.1, 0.15) is 0 Å². The van der Waals surface area contributed by atoms with Crippen LogP contribution in [-0.2, 0) is 17.7 Å². The maximum absolute atomic E-state index is 11.7. The van der Waals surface area contributed by atoms with Crippen molar-refractivity contribution in [3.05, 3.63) is 29.3 Å². The van der Waals surface area contributed by atoms with Gasteiger partial charge in [-0.3, -0.25) is 0 Å². The minimum Gasteiger partial charge on any atom is -0.373 e. The number of amides is 2. The largest absolute Gasteiger partial charge is 0.373 e. The van der Waals surface area contributed by atoms with Crippen LogP contribution in [-0.4, -0.2) is 55.2 Å². The Bertz CT molecular complexity index is 575. The molecule has 5 heteroatoms. The van der Waals surface area contributed by atoms with Gasteiger partial charge >= 0.3 is 6.03 Å². The summed E-state index contributed by atoms with van der Waals surface area (Å²) in [5.41, 5.74) is 3.42. The number of hydrogen-bond donors (Lipinski definition) is 1. The molecule has 23 heavy (non-hydrogen) atoms. The molecule has 1 aromatic rings. The Morgan fingerprint density at radius 3 is 2.91 bits per heavy atom. The van der Waals surface area contributed by atoms with E-state index in [0.29, 0.717) is 18.8 Å². The number of benzene rings is 1. The maximum Gasteiger partial charge on any atom is 0.321 e. The van der Waals surface area contributed by atoms with Gasteiger partial charge in [0.25, 0.3) is 0 Å². The van der Waals surface area contributed by atoms with E-state index in [9.17, 15) is 4.79 Å². The van der Waals surface area contributed by atoms with Crippen molar-refractivity contribution in [3.8, 4) is 0 Å². The summed E-state index contributed by atoms with van der Waals surface area (Å²) >= 11 is 0. The second-order valence-electron chi connectivity index (χ2n) is 6.79. The molecule has 1 aromatic carbocycles. The van der Waals surface area contributed by atoms with Gasteiger partial charge in [-0.2, -0.15) is 0 Å². The molecule has 0 aromatic heterocycles. The molecule has 0 unspecified atom stereocenters. The zero-order chi connectivity index (χ0) is 16.4. The summed E-state index contributed by atoms with van der Waals surface area (Å²) < 4.78 is 6.20. The molecule has 3 rings (SSSR count). The number of anilines is 1. The SMILES string of the molecule is CCN(C)C[C@H]1CC[C@@H](Cc2ccc3c(c2)CN(C)C(=O)N3)O1. The molecule has 5 nitrogen and oxygen atoms in total. The van der Waals surface area contributed by atoms with Crippen molar-refractivity contribution in [2.24, 2.45) is 0 Å². The van der Waals surface area contributed by atoms with E-state index in [2.05, 4.69) is 36.3 Å². The van der Waals surface area contributed by atoms with Crippen molar-refractivity contribution in [1.29, 1.82) is 0 Å². The second kappa shape index (κ2) is 6.89. The number of hydrogen-bond acceptors (Lipinski definition) is 3. The van der Waals surface area contributed by atoms with E-state index in [1.165, 1.54) is 11.1 Å². The summed E-state index contributed by atoms with van der Waals surface area (Å²) in [6, 6.07) is 6.30. The molecule has 2 heterocycles. The highest BCUT2D eigenvalue weighted by molar-refractivity contribution is 5.92. The summed E-state index contributed by atoms with van der Waals surface area (Å²) in [7, 11) is 3.96. The van der Waals surface area contributed by atoms with E-state index in [0.717, 1.165) is 38.0 Å². The molecule has 0 radical (unpaired) electrons. The van der Waals surface area contributed by atoms with Gasteiger partial charge in [0.2, 0.25) is 0 Å². The quantitative estimate of drug-likeness (QED) is 0.908. The van der Waals surface area contributed by atoms with Crippen LogP contribution in [0.3, 0.4) is 0 Å². The van der Waals surface area contributed by atoms with Crippen LogP contribution in [0.15, 0.2) is 18.2 Å².